The van der Waals surface area contributed by atoms with E-state index in [-0.39, 0.29) is 6.29 Å². The van der Waals surface area contributed by atoms with Crippen LogP contribution in [0.15, 0.2) is 0 Å². The van der Waals surface area contributed by atoms with E-state index in [9.17, 15) is 5.11 Å². The fraction of sp³-hybridized carbons (Fsp3) is 1.00. The topological polar surface area (TPSA) is 38.7 Å². The molecule has 1 saturated heterocycles. The van der Waals surface area contributed by atoms with Gasteiger partial charge in [0.25, 0.3) is 0 Å². The van der Waals surface area contributed by atoms with Crippen LogP contribution in [0.1, 0.15) is 26.2 Å². The van der Waals surface area contributed by atoms with E-state index in [1.165, 1.54) is 0 Å². The minimum absolute atomic E-state index is 0.360. The minimum Gasteiger partial charge on any atom is -0.388 e. The van der Waals surface area contributed by atoms with Gasteiger partial charge in [0, 0.05) is 0 Å². The Morgan fingerprint density at radius 1 is 1.45 bits per heavy atom. The molecular weight excluding hydrogens is 144 g/mol. The monoisotopic (exact) mass is 160 g/mol. The Labute approximate surface area is 67.3 Å². The lowest BCUT2D eigenvalue weighted by molar-refractivity contribution is -0.122. The third-order valence-electron chi connectivity index (χ3n) is 1.82. The van der Waals surface area contributed by atoms with Gasteiger partial charge in [0.2, 0.25) is 0 Å². The Bertz CT molecular complexity index is 99.5. The van der Waals surface area contributed by atoms with Gasteiger partial charge in [-0.3, -0.25) is 0 Å². The molecule has 0 aromatic carbocycles. The fourth-order valence-electron chi connectivity index (χ4n) is 1.15. The molecule has 1 aliphatic heterocycles. The summed E-state index contributed by atoms with van der Waals surface area (Å²) in [6, 6.07) is 0. The van der Waals surface area contributed by atoms with Gasteiger partial charge in [0.1, 0.15) is 6.10 Å². The Morgan fingerprint density at radius 3 is 2.64 bits per heavy atom. The van der Waals surface area contributed by atoms with Gasteiger partial charge in [-0.15, -0.1) is 0 Å². The Kier molecular flexibility index (Phi) is 3.83. The molecule has 0 unspecified atom stereocenters. The summed E-state index contributed by atoms with van der Waals surface area (Å²) in [6.07, 6.45) is 2.12. The van der Waals surface area contributed by atoms with Crippen molar-refractivity contribution in [3.63, 3.8) is 0 Å². The van der Waals surface area contributed by atoms with Gasteiger partial charge in [0.05, 0.1) is 13.2 Å². The van der Waals surface area contributed by atoms with Crippen LogP contribution in [0.3, 0.4) is 0 Å². The second-order valence-electron chi connectivity index (χ2n) is 2.82. The van der Waals surface area contributed by atoms with Gasteiger partial charge in [-0.25, -0.2) is 0 Å². The molecule has 1 aliphatic rings. The molecule has 1 atom stereocenters. The van der Waals surface area contributed by atoms with E-state index in [1.807, 2.05) is 0 Å². The predicted octanol–water partition coefficient (Wildman–Crippen LogP) is 0.910. The summed E-state index contributed by atoms with van der Waals surface area (Å²) in [7, 11) is 0. The van der Waals surface area contributed by atoms with Gasteiger partial charge in [-0.1, -0.05) is 19.8 Å². The van der Waals surface area contributed by atoms with Crippen LogP contribution in [-0.2, 0) is 9.47 Å². The van der Waals surface area contributed by atoms with E-state index < -0.39 is 6.10 Å². The van der Waals surface area contributed by atoms with E-state index in [0.717, 1.165) is 19.3 Å². The molecule has 11 heavy (non-hydrogen) atoms. The first-order chi connectivity index (χ1) is 5.34. The Hall–Kier alpha value is -0.120. The largest absolute Gasteiger partial charge is 0.388 e. The molecule has 1 rings (SSSR count). The molecule has 0 aliphatic carbocycles. The van der Waals surface area contributed by atoms with Crippen LogP contribution in [-0.4, -0.2) is 30.7 Å². The number of ether oxygens (including phenoxy) is 2. The average Bonchev–Trinajstić information content (AvgIpc) is 2.52. The van der Waals surface area contributed by atoms with Gasteiger partial charge in [-0.05, 0) is 6.42 Å². The summed E-state index contributed by atoms with van der Waals surface area (Å²) >= 11 is 0. The highest BCUT2D eigenvalue weighted by atomic mass is 16.7. The van der Waals surface area contributed by atoms with Crippen LogP contribution in [0.4, 0.5) is 0 Å². The van der Waals surface area contributed by atoms with Crippen molar-refractivity contribution in [3.05, 3.63) is 0 Å². The smallest absolute Gasteiger partial charge is 0.183 e. The van der Waals surface area contributed by atoms with Crippen molar-refractivity contribution in [2.75, 3.05) is 13.2 Å². The number of rotatable bonds is 4. The lowest BCUT2D eigenvalue weighted by atomic mass is 10.1. The minimum atomic E-state index is -0.433. The zero-order valence-corrected chi connectivity index (χ0v) is 6.95. The quantitative estimate of drug-likeness (QED) is 0.664. The van der Waals surface area contributed by atoms with Crippen molar-refractivity contribution in [1.82, 2.24) is 0 Å². The first-order valence-corrected chi connectivity index (χ1v) is 4.26. The fourth-order valence-corrected chi connectivity index (χ4v) is 1.15. The maximum absolute atomic E-state index is 9.43. The number of aliphatic hydroxyl groups excluding tert-OH is 1. The highest BCUT2D eigenvalue weighted by Gasteiger charge is 2.23. The zero-order chi connectivity index (χ0) is 8.10. The highest BCUT2D eigenvalue weighted by molar-refractivity contribution is 4.63. The average molecular weight is 160 g/mol. The van der Waals surface area contributed by atoms with Crippen molar-refractivity contribution < 1.29 is 14.6 Å². The van der Waals surface area contributed by atoms with Gasteiger partial charge in [-0.2, -0.15) is 0 Å². The Balaban J connectivity index is 2.12. The van der Waals surface area contributed by atoms with Crippen LogP contribution >= 0.6 is 0 Å². The molecule has 0 saturated carbocycles. The summed E-state index contributed by atoms with van der Waals surface area (Å²) in [5.74, 6) is 0. The van der Waals surface area contributed by atoms with E-state index in [2.05, 4.69) is 6.92 Å². The SMILES string of the molecule is CCCC[C@H](O)C1OCCO1. The molecule has 1 fully saturated rings. The second kappa shape index (κ2) is 4.70. The van der Waals surface area contributed by atoms with Crippen LogP contribution in [0.25, 0.3) is 0 Å². The van der Waals surface area contributed by atoms with E-state index >= 15 is 0 Å². The molecular formula is C8H16O3. The Morgan fingerprint density at radius 2 is 2.09 bits per heavy atom. The van der Waals surface area contributed by atoms with Crippen molar-refractivity contribution >= 4 is 0 Å². The summed E-state index contributed by atoms with van der Waals surface area (Å²) in [5, 5.41) is 9.43. The van der Waals surface area contributed by atoms with E-state index in [1.54, 1.807) is 0 Å². The van der Waals surface area contributed by atoms with Gasteiger partial charge in [0.15, 0.2) is 6.29 Å². The maximum atomic E-state index is 9.43. The molecule has 0 aromatic rings. The summed E-state index contributed by atoms with van der Waals surface area (Å²) in [5.41, 5.74) is 0. The zero-order valence-electron chi connectivity index (χ0n) is 6.95. The first kappa shape index (κ1) is 8.97. The number of aliphatic hydroxyl groups is 1. The lowest BCUT2D eigenvalue weighted by Gasteiger charge is -2.15. The van der Waals surface area contributed by atoms with Crippen molar-refractivity contribution in [2.24, 2.45) is 0 Å². The summed E-state index contributed by atoms with van der Waals surface area (Å²) in [6.45, 7) is 3.34. The molecule has 1 N–H and O–H groups in total. The van der Waals surface area contributed by atoms with Crippen molar-refractivity contribution in [2.45, 2.75) is 38.6 Å². The molecule has 0 spiro atoms. The third kappa shape index (κ3) is 2.77. The molecule has 3 nitrogen and oxygen atoms in total. The maximum Gasteiger partial charge on any atom is 0.183 e. The van der Waals surface area contributed by atoms with E-state index in [4.69, 9.17) is 9.47 Å². The van der Waals surface area contributed by atoms with Crippen molar-refractivity contribution in [3.8, 4) is 0 Å². The molecule has 66 valence electrons. The number of hydrogen-bond acceptors (Lipinski definition) is 3. The van der Waals surface area contributed by atoms with Gasteiger partial charge >= 0.3 is 0 Å². The molecule has 0 bridgehead atoms. The number of hydrogen-bond donors (Lipinski definition) is 1. The first-order valence-electron chi connectivity index (χ1n) is 4.26. The van der Waals surface area contributed by atoms with Crippen molar-refractivity contribution in [1.29, 1.82) is 0 Å². The molecule has 0 aromatic heterocycles. The van der Waals surface area contributed by atoms with Crippen LogP contribution in [0, 0.1) is 0 Å². The van der Waals surface area contributed by atoms with Crippen LogP contribution < -0.4 is 0 Å². The molecule has 0 amide bonds. The normalized spacial score (nSPS) is 22.4. The van der Waals surface area contributed by atoms with E-state index in [0.29, 0.717) is 13.2 Å². The summed E-state index contributed by atoms with van der Waals surface area (Å²) in [4.78, 5) is 0. The highest BCUT2D eigenvalue weighted by Crippen LogP contribution is 2.13. The lowest BCUT2D eigenvalue weighted by Crippen LogP contribution is -2.26. The standard InChI is InChI=1S/C8H16O3/c1-2-3-4-7(9)8-10-5-6-11-8/h7-9H,2-6H2,1H3/t7-/m0/s1. The van der Waals surface area contributed by atoms with Crippen LogP contribution in [0.5, 0.6) is 0 Å². The molecule has 0 radical (unpaired) electrons. The predicted molar refractivity (Wildman–Crippen MR) is 41.2 cm³/mol. The van der Waals surface area contributed by atoms with Gasteiger partial charge < -0.3 is 14.6 Å². The number of unbranched alkanes of at least 4 members (excludes halogenated alkanes) is 1. The summed E-state index contributed by atoms with van der Waals surface area (Å²) < 4.78 is 10.3. The second-order valence-corrected chi connectivity index (χ2v) is 2.82. The molecule has 3 heteroatoms. The van der Waals surface area contributed by atoms with Crippen LogP contribution in [0.2, 0.25) is 0 Å². The third-order valence-corrected chi connectivity index (χ3v) is 1.82. The molecule has 1 heterocycles.